The van der Waals surface area contributed by atoms with Crippen molar-refractivity contribution in [3.05, 3.63) is 59.1 Å². The fourth-order valence-electron chi connectivity index (χ4n) is 3.35. The van der Waals surface area contributed by atoms with Gasteiger partial charge < -0.3 is 5.11 Å². The first-order valence-electron chi connectivity index (χ1n) is 8.68. The standard InChI is InChI=1S/C19H23ClN2O3S/c1-2-17-14-21(13-15-12-16(20)8-9-19(15)23)10-11-22(17)26(24,25)18-6-4-3-5-7-18/h3-9,12,17,23H,2,10-11,13-14H2,1H3/t17-/m0/s1. The van der Waals surface area contributed by atoms with Crippen LogP contribution >= 0.6 is 11.6 Å². The third-order valence-corrected chi connectivity index (χ3v) is 6.97. The van der Waals surface area contributed by atoms with Gasteiger partial charge in [-0.05, 0) is 36.8 Å². The number of nitrogens with zero attached hydrogens (tertiary/aromatic N) is 2. The molecule has 1 heterocycles. The fourth-order valence-corrected chi connectivity index (χ4v) is 5.24. The van der Waals surface area contributed by atoms with Crippen molar-refractivity contribution in [3.63, 3.8) is 0 Å². The monoisotopic (exact) mass is 394 g/mol. The van der Waals surface area contributed by atoms with Crippen molar-refractivity contribution in [1.82, 2.24) is 9.21 Å². The van der Waals surface area contributed by atoms with Gasteiger partial charge >= 0.3 is 0 Å². The number of aromatic hydroxyl groups is 1. The number of phenols is 1. The SMILES string of the molecule is CC[C@H]1CN(Cc2cc(Cl)ccc2O)CCN1S(=O)(=O)c1ccccc1. The first-order chi connectivity index (χ1) is 12.4. The molecule has 140 valence electrons. The van der Waals surface area contributed by atoms with Gasteiger partial charge in [-0.2, -0.15) is 4.31 Å². The largest absolute Gasteiger partial charge is 0.508 e. The Labute approximate surface area is 159 Å². The molecule has 26 heavy (non-hydrogen) atoms. The zero-order valence-electron chi connectivity index (χ0n) is 14.7. The van der Waals surface area contributed by atoms with E-state index in [2.05, 4.69) is 4.90 Å². The summed E-state index contributed by atoms with van der Waals surface area (Å²) in [5, 5.41) is 10.6. The van der Waals surface area contributed by atoms with E-state index < -0.39 is 10.0 Å². The van der Waals surface area contributed by atoms with Gasteiger partial charge in [0.05, 0.1) is 4.90 Å². The molecule has 7 heteroatoms. The maximum absolute atomic E-state index is 13.0. The molecule has 1 aliphatic heterocycles. The Morgan fingerprint density at radius 1 is 1.15 bits per heavy atom. The molecule has 2 aromatic carbocycles. The quantitative estimate of drug-likeness (QED) is 0.844. The maximum Gasteiger partial charge on any atom is 0.243 e. The lowest BCUT2D eigenvalue weighted by Crippen LogP contribution is -2.54. The molecule has 0 spiro atoms. The van der Waals surface area contributed by atoms with Gasteiger partial charge in [0.15, 0.2) is 0 Å². The molecule has 0 aromatic heterocycles. The summed E-state index contributed by atoms with van der Waals surface area (Å²) < 4.78 is 27.5. The summed E-state index contributed by atoms with van der Waals surface area (Å²) in [6.45, 7) is 4.20. The summed E-state index contributed by atoms with van der Waals surface area (Å²) in [5.74, 6) is 0.210. The van der Waals surface area contributed by atoms with E-state index in [9.17, 15) is 13.5 Å². The summed E-state index contributed by atoms with van der Waals surface area (Å²) in [5.41, 5.74) is 0.756. The predicted molar refractivity (Wildman–Crippen MR) is 103 cm³/mol. The Bertz CT molecular complexity index is 858. The number of piperazine rings is 1. The summed E-state index contributed by atoms with van der Waals surface area (Å²) in [6, 6.07) is 13.5. The van der Waals surface area contributed by atoms with E-state index in [1.807, 2.05) is 13.0 Å². The number of phenolic OH excluding ortho intramolecular Hbond substituents is 1. The minimum absolute atomic E-state index is 0.102. The minimum Gasteiger partial charge on any atom is -0.508 e. The Morgan fingerprint density at radius 3 is 2.58 bits per heavy atom. The summed E-state index contributed by atoms with van der Waals surface area (Å²) in [4.78, 5) is 2.50. The second-order valence-electron chi connectivity index (χ2n) is 6.50. The van der Waals surface area contributed by atoms with Crippen molar-refractivity contribution in [2.24, 2.45) is 0 Å². The van der Waals surface area contributed by atoms with Crippen molar-refractivity contribution < 1.29 is 13.5 Å². The van der Waals surface area contributed by atoms with Gasteiger partial charge in [0.1, 0.15) is 5.75 Å². The third kappa shape index (κ3) is 4.04. The molecule has 1 saturated heterocycles. The lowest BCUT2D eigenvalue weighted by Gasteiger charge is -2.40. The highest BCUT2D eigenvalue weighted by Crippen LogP contribution is 2.27. The van der Waals surface area contributed by atoms with E-state index in [1.165, 1.54) is 0 Å². The minimum atomic E-state index is -3.50. The summed E-state index contributed by atoms with van der Waals surface area (Å²) in [7, 11) is -3.50. The maximum atomic E-state index is 13.0. The first kappa shape index (κ1) is 19.2. The Kier molecular flexibility index (Phi) is 5.87. The summed E-state index contributed by atoms with van der Waals surface area (Å²) in [6.07, 6.45) is 0.726. The number of halogens is 1. The average Bonchev–Trinajstić information content (AvgIpc) is 2.65. The topological polar surface area (TPSA) is 60.9 Å². The molecule has 0 amide bonds. The van der Waals surface area contributed by atoms with Gasteiger partial charge in [-0.1, -0.05) is 36.7 Å². The van der Waals surface area contributed by atoms with Crippen LogP contribution in [-0.4, -0.2) is 48.4 Å². The van der Waals surface area contributed by atoms with Gasteiger partial charge in [0.2, 0.25) is 10.0 Å². The van der Waals surface area contributed by atoms with Crippen LogP contribution in [-0.2, 0) is 16.6 Å². The molecule has 1 N–H and O–H groups in total. The smallest absolute Gasteiger partial charge is 0.243 e. The van der Waals surface area contributed by atoms with Crippen LogP contribution in [0, 0.1) is 0 Å². The molecule has 5 nitrogen and oxygen atoms in total. The Hall–Kier alpha value is -1.60. The van der Waals surface area contributed by atoms with Crippen LogP contribution in [0.3, 0.4) is 0 Å². The van der Waals surface area contributed by atoms with Gasteiger partial charge in [-0.25, -0.2) is 8.42 Å². The molecule has 0 unspecified atom stereocenters. The number of rotatable bonds is 5. The average molecular weight is 395 g/mol. The van der Waals surface area contributed by atoms with Crippen molar-refractivity contribution in [2.45, 2.75) is 30.8 Å². The number of hydrogen-bond donors (Lipinski definition) is 1. The predicted octanol–water partition coefficient (Wildman–Crippen LogP) is 3.33. The molecular weight excluding hydrogens is 372 g/mol. The van der Waals surface area contributed by atoms with Crippen LogP contribution in [0.15, 0.2) is 53.4 Å². The lowest BCUT2D eigenvalue weighted by atomic mass is 10.1. The highest BCUT2D eigenvalue weighted by Gasteiger charge is 2.35. The molecule has 0 aliphatic carbocycles. The van der Waals surface area contributed by atoms with Crippen molar-refractivity contribution in [3.8, 4) is 5.75 Å². The van der Waals surface area contributed by atoms with Gasteiger partial charge in [-0.3, -0.25) is 4.90 Å². The highest BCUT2D eigenvalue weighted by atomic mass is 35.5. The van der Waals surface area contributed by atoms with Gasteiger partial charge in [0, 0.05) is 42.8 Å². The van der Waals surface area contributed by atoms with Crippen molar-refractivity contribution in [1.29, 1.82) is 0 Å². The van der Waals surface area contributed by atoms with Crippen LogP contribution in [0.4, 0.5) is 0 Å². The molecule has 3 rings (SSSR count). The molecular formula is C19H23ClN2O3S. The number of benzene rings is 2. The van der Waals surface area contributed by atoms with Crippen LogP contribution < -0.4 is 0 Å². The zero-order chi connectivity index (χ0) is 18.7. The number of sulfonamides is 1. The molecule has 0 radical (unpaired) electrons. The fraction of sp³-hybridized carbons (Fsp3) is 0.368. The van der Waals surface area contributed by atoms with E-state index >= 15 is 0 Å². The summed E-state index contributed by atoms with van der Waals surface area (Å²) >= 11 is 6.02. The van der Waals surface area contributed by atoms with E-state index in [4.69, 9.17) is 11.6 Å². The van der Waals surface area contributed by atoms with Gasteiger partial charge in [-0.15, -0.1) is 0 Å². The Balaban J connectivity index is 1.76. The van der Waals surface area contributed by atoms with Crippen molar-refractivity contribution >= 4 is 21.6 Å². The second kappa shape index (κ2) is 7.96. The third-order valence-electron chi connectivity index (χ3n) is 4.77. The van der Waals surface area contributed by atoms with E-state index in [1.54, 1.807) is 46.8 Å². The Morgan fingerprint density at radius 2 is 1.88 bits per heavy atom. The highest BCUT2D eigenvalue weighted by molar-refractivity contribution is 7.89. The van der Waals surface area contributed by atoms with Gasteiger partial charge in [0.25, 0.3) is 0 Å². The molecule has 1 fully saturated rings. The van der Waals surface area contributed by atoms with Crippen LogP contribution in [0.2, 0.25) is 5.02 Å². The first-order valence-corrected chi connectivity index (χ1v) is 10.5. The van der Waals surface area contributed by atoms with E-state index in [0.717, 1.165) is 12.0 Å². The normalized spacial score (nSPS) is 19.5. The molecule has 0 bridgehead atoms. The molecule has 0 saturated carbocycles. The second-order valence-corrected chi connectivity index (χ2v) is 8.83. The van der Waals surface area contributed by atoms with Crippen LogP contribution in [0.5, 0.6) is 5.75 Å². The lowest BCUT2D eigenvalue weighted by molar-refractivity contribution is 0.126. The molecule has 1 atom stereocenters. The zero-order valence-corrected chi connectivity index (χ0v) is 16.2. The molecule has 2 aromatic rings. The van der Waals surface area contributed by atoms with Crippen LogP contribution in [0.25, 0.3) is 0 Å². The number of hydrogen-bond acceptors (Lipinski definition) is 4. The van der Waals surface area contributed by atoms with Crippen molar-refractivity contribution in [2.75, 3.05) is 19.6 Å². The van der Waals surface area contributed by atoms with Crippen LogP contribution in [0.1, 0.15) is 18.9 Å². The molecule has 1 aliphatic rings. The van der Waals surface area contributed by atoms with E-state index in [-0.39, 0.29) is 11.8 Å². The van der Waals surface area contributed by atoms with E-state index in [0.29, 0.717) is 36.1 Å².